The van der Waals surface area contributed by atoms with E-state index in [1.54, 1.807) is 6.20 Å². The van der Waals surface area contributed by atoms with E-state index in [4.69, 9.17) is 0 Å². The summed E-state index contributed by atoms with van der Waals surface area (Å²) < 4.78 is 26.9. The standard InChI is InChI=1S/C17H23N3O2S/c1-14(2)20-23(21,22)13-16-8-4-3-7-15(16)11-18-12-17-9-5-6-10-19-17/h3-10,14,18,20H,11-13H2,1-2H3. The second-order valence-electron chi connectivity index (χ2n) is 5.72. The Labute approximate surface area is 138 Å². The van der Waals surface area contributed by atoms with Crippen molar-refractivity contribution in [3.63, 3.8) is 0 Å². The molecule has 1 aromatic carbocycles. The maximum absolute atomic E-state index is 12.1. The summed E-state index contributed by atoms with van der Waals surface area (Å²) in [5.41, 5.74) is 2.76. The van der Waals surface area contributed by atoms with E-state index in [9.17, 15) is 8.42 Å². The number of hydrogen-bond donors (Lipinski definition) is 2. The minimum Gasteiger partial charge on any atom is -0.307 e. The molecular weight excluding hydrogens is 310 g/mol. The number of nitrogens with zero attached hydrogens (tertiary/aromatic N) is 1. The van der Waals surface area contributed by atoms with E-state index >= 15 is 0 Å². The molecule has 0 amide bonds. The van der Waals surface area contributed by atoms with Crippen molar-refractivity contribution >= 4 is 10.0 Å². The van der Waals surface area contributed by atoms with Gasteiger partial charge in [-0.15, -0.1) is 0 Å². The molecule has 5 nitrogen and oxygen atoms in total. The Morgan fingerprint density at radius 2 is 1.70 bits per heavy atom. The topological polar surface area (TPSA) is 71.1 Å². The molecule has 1 heterocycles. The number of pyridine rings is 1. The Morgan fingerprint density at radius 3 is 2.35 bits per heavy atom. The summed E-state index contributed by atoms with van der Waals surface area (Å²) in [6, 6.07) is 13.3. The van der Waals surface area contributed by atoms with Gasteiger partial charge in [0.2, 0.25) is 10.0 Å². The van der Waals surface area contributed by atoms with Gasteiger partial charge in [0.05, 0.1) is 11.4 Å². The fourth-order valence-electron chi connectivity index (χ4n) is 2.30. The Morgan fingerprint density at radius 1 is 1.00 bits per heavy atom. The van der Waals surface area contributed by atoms with E-state index in [1.165, 1.54) is 0 Å². The van der Waals surface area contributed by atoms with Crippen LogP contribution in [-0.4, -0.2) is 19.4 Å². The molecule has 0 unspecified atom stereocenters. The van der Waals surface area contributed by atoms with Gasteiger partial charge < -0.3 is 5.32 Å². The lowest BCUT2D eigenvalue weighted by Crippen LogP contribution is -2.31. The molecule has 6 heteroatoms. The molecule has 0 saturated carbocycles. The Bertz CT molecular complexity index is 716. The highest BCUT2D eigenvalue weighted by Crippen LogP contribution is 2.12. The monoisotopic (exact) mass is 333 g/mol. The average Bonchev–Trinajstić information content (AvgIpc) is 2.48. The van der Waals surface area contributed by atoms with Gasteiger partial charge >= 0.3 is 0 Å². The van der Waals surface area contributed by atoms with Crippen LogP contribution in [0.4, 0.5) is 0 Å². The first kappa shape index (κ1) is 17.6. The first-order valence-electron chi connectivity index (χ1n) is 7.64. The lowest BCUT2D eigenvalue weighted by atomic mass is 10.1. The summed E-state index contributed by atoms with van der Waals surface area (Å²) in [6.45, 7) is 4.88. The molecular formula is C17H23N3O2S. The van der Waals surface area contributed by atoms with Crippen molar-refractivity contribution < 1.29 is 8.42 Å². The van der Waals surface area contributed by atoms with E-state index in [2.05, 4.69) is 15.0 Å². The minimum absolute atomic E-state index is 0.00732. The van der Waals surface area contributed by atoms with Crippen LogP contribution in [-0.2, 0) is 28.9 Å². The van der Waals surface area contributed by atoms with Gasteiger partial charge in [-0.25, -0.2) is 13.1 Å². The zero-order valence-electron chi connectivity index (χ0n) is 13.5. The summed E-state index contributed by atoms with van der Waals surface area (Å²) in [5, 5.41) is 3.31. The van der Waals surface area contributed by atoms with E-state index in [1.807, 2.05) is 56.3 Å². The number of hydrogen-bond acceptors (Lipinski definition) is 4. The Balaban J connectivity index is 2.00. The molecule has 0 atom stereocenters. The van der Waals surface area contributed by atoms with Crippen molar-refractivity contribution in [3.05, 3.63) is 65.5 Å². The molecule has 2 aromatic rings. The second kappa shape index (κ2) is 8.19. The number of benzene rings is 1. The summed E-state index contributed by atoms with van der Waals surface area (Å²) >= 11 is 0. The zero-order chi connectivity index (χ0) is 16.7. The fraction of sp³-hybridized carbons (Fsp3) is 0.353. The van der Waals surface area contributed by atoms with E-state index in [0.29, 0.717) is 13.1 Å². The molecule has 2 rings (SSSR count). The van der Waals surface area contributed by atoms with Crippen LogP contribution in [0, 0.1) is 0 Å². The third-order valence-electron chi connectivity index (χ3n) is 3.23. The van der Waals surface area contributed by atoms with Crippen LogP contribution in [0.2, 0.25) is 0 Å². The fourth-order valence-corrected chi connectivity index (χ4v) is 3.80. The van der Waals surface area contributed by atoms with Crippen LogP contribution in [0.5, 0.6) is 0 Å². The molecule has 0 aliphatic heterocycles. The van der Waals surface area contributed by atoms with E-state index in [0.717, 1.165) is 16.8 Å². The number of rotatable bonds is 8. The Hall–Kier alpha value is -1.76. The lowest BCUT2D eigenvalue weighted by Gasteiger charge is -2.13. The first-order chi connectivity index (χ1) is 11.0. The Kier molecular flexibility index (Phi) is 6.27. The summed E-state index contributed by atoms with van der Waals surface area (Å²) in [6.07, 6.45) is 1.76. The lowest BCUT2D eigenvalue weighted by molar-refractivity contribution is 0.568. The van der Waals surface area contributed by atoms with Crippen LogP contribution in [0.3, 0.4) is 0 Å². The van der Waals surface area contributed by atoms with Gasteiger partial charge in [-0.3, -0.25) is 4.98 Å². The van der Waals surface area contributed by atoms with Crippen LogP contribution in [0.15, 0.2) is 48.7 Å². The normalized spacial score (nSPS) is 11.8. The SMILES string of the molecule is CC(C)NS(=O)(=O)Cc1ccccc1CNCc1ccccn1. The summed E-state index contributed by atoms with van der Waals surface area (Å²) in [7, 11) is -3.32. The van der Waals surface area contributed by atoms with Gasteiger partial charge in [0.1, 0.15) is 0 Å². The third-order valence-corrected chi connectivity index (χ3v) is 4.75. The molecule has 124 valence electrons. The molecule has 1 aromatic heterocycles. The molecule has 0 bridgehead atoms. The second-order valence-corrected chi connectivity index (χ2v) is 7.48. The van der Waals surface area contributed by atoms with E-state index in [-0.39, 0.29) is 11.8 Å². The van der Waals surface area contributed by atoms with Gasteiger partial charge in [-0.2, -0.15) is 0 Å². The van der Waals surface area contributed by atoms with Crippen LogP contribution >= 0.6 is 0 Å². The van der Waals surface area contributed by atoms with Gasteiger partial charge in [-0.1, -0.05) is 30.3 Å². The van der Waals surface area contributed by atoms with E-state index < -0.39 is 10.0 Å². The molecule has 0 fully saturated rings. The van der Waals surface area contributed by atoms with Crippen molar-refractivity contribution in [3.8, 4) is 0 Å². The predicted octanol–water partition coefficient (Wildman–Crippen LogP) is 2.20. The smallest absolute Gasteiger partial charge is 0.216 e. The molecule has 2 N–H and O–H groups in total. The predicted molar refractivity (Wildman–Crippen MR) is 92.1 cm³/mol. The van der Waals surface area contributed by atoms with Crippen molar-refractivity contribution in [2.45, 2.75) is 38.7 Å². The maximum Gasteiger partial charge on any atom is 0.216 e. The number of nitrogens with one attached hydrogen (secondary N) is 2. The van der Waals surface area contributed by atoms with Crippen molar-refractivity contribution in [2.24, 2.45) is 0 Å². The number of aromatic nitrogens is 1. The van der Waals surface area contributed by atoms with Crippen molar-refractivity contribution in [1.29, 1.82) is 0 Å². The molecule has 0 spiro atoms. The molecule has 0 aliphatic carbocycles. The first-order valence-corrected chi connectivity index (χ1v) is 9.29. The van der Waals surface area contributed by atoms with Gasteiger partial charge in [0.25, 0.3) is 0 Å². The molecule has 23 heavy (non-hydrogen) atoms. The highest BCUT2D eigenvalue weighted by Gasteiger charge is 2.15. The van der Waals surface area contributed by atoms with Crippen LogP contribution in [0.25, 0.3) is 0 Å². The quantitative estimate of drug-likeness (QED) is 0.777. The molecule has 0 saturated heterocycles. The zero-order valence-corrected chi connectivity index (χ0v) is 14.3. The van der Waals surface area contributed by atoms with Gasteiger partial charge in [0.15, 0.2) is 0 Å². The summed E-state index contributed by atoms with van der Waals surface area (Å²) in [4.78, 5) is 4.26. The average molecular weight is 333 g/mol. The summed E-state index contributed by atoms with van der Waals surface area (Å²) in [5.74, 6) is -0.00732. The highest BCUT2D eigenvalue weighted by molar-refractivity contribution is 7.88. The molecule has 0 radical (unpaired) electrons. The van der Waals surface area contributed by atoms with Crippen LogP contribution in [0.1, 0.15) is 30.7 Å². The highest BCUT2D eigenvalue weighted by atomic mass is 32.2. The minimum atomic E-state index is -3.32. The molecule has 0 aliphatic rings. The van der Waals surface area contributed by atoms with Crippen molar-refractivity contribution in [2.75, 3.05) is 0 Å². The van der Waals surface area contributed by atoms with Crippen molar-refractivity contribution in [1.82, 2.24) is 15.0 Å². The van der Waals surface area contributed by atoms with Gasteiger partial charge in [0, 0.05) is 25.3 Å². The van der Waals surface area contributed by atoms with Gasteiger partial charge in [-0.05, 0) is 37.1 Å². The largest absolute Gasteiger partial charge is 0.307 e. The number of sulfonamides is 1. The third kappa shape index (κ3) is 6.09. The maximum atomic E-state index is 12.1. The van der Waals surface area contributed by atoms with Crippen LogP contribution < -0.4 is 10.0 Å².